The summed E-state index contributed by atoms with van der Waals surface area (Å²) in [5, 5.41) is 0. The fourth-order valence-corrected chi connectivity index (χ4v) is 2.77. The van der Waals surface area contributed by atoms with Gasteiger partial charge in [-0.15, -0.1) is 0 Å². The van der Waals surface area contributed by atoms with Crippen LogP contribution >= 0.6 is 15.9 Å². The van der Waals surface area contributed by atoms with E-state index in [4.69, 9.17) is 0 Å². The highest BCUT2D eigenvalue weighted by Gasteiger charge is 2.23. The first kappa shape index (κ1) is 17.7. The Morgan fingerprint density at radius 3 is 2.22 bits per heavy atom. The normalized spacial score (nSPS) is 15.5. The molecule has 0 radical (unpaired) electrons. The van der Waals surface area contributed by atoms with Gasteiger partial charge in [-0.2, -0.15) is 0 Å². The smallest absolute Gasteiger partial charge is 0.246 e. The van der Waals surface area contributed by atoms with E-state index >= 15 is 0 Å². The molecule has 2 amide bonds. The predicted molar refractivity (Wildman–Crippen MR) is 95.8 cm³/mol. The Morgan fingerprint density at radius 2 is 1.65 bits per heavy atom. The predicted octanol–water partition coefficient (Wildman–Crippen LogP) is 3.18. The van der Waals surface area contributed by atoms with E-state index in [-0.39, 0.29) is 11.8 Å². The van der Waals surface area contributed by atoms with Crippen molar-refractivity contribution in [2.24, 2.45) is 5.92 Å². The molecule has 1 fully saturated rings. The van der Waals surface area contributed by atoms with Crippen LogP contribution in [-0.4, -0.2) is 47.8 Å². The van der Waals surface area contributed by atoms with E-state index in [1.54, 1.807) is 11.0 Å². The number of piperazine rings is 1. The Bertz CT molecular complexity index is 573. The Labute approximate surface area is 146 Å². The van der Waals surface area contributed by atoms with Gasteiger partial charge < -0.3 is 9.80 Å². The zero-order valence-corrected chi connectivity index (χ0v) is 15.3. The van der Waals surface area contributed by atoms with E-state index < -0.39 is 0 Å². The molecule has 0 saturated carbocycles. The van der Waals surface area contributed by atoms with Crippen molar-refractivity contribution in [3.05, 3.63) is 40.4 Å². The molecule has 2 rings (SSSR count). The van der Waals surface area contributed by atoms with E-state index in [9.17, 15) is 9.59 Å². The van der Waals surface area contributed by atoms with Crippen molar-refractivity contribution in [2.75, 3.05) is 26.2 Å². The van der Waals surface area contributed by atoms with Crippen LogP contribution in [-0.2, 0) is 9.59 Å². The van der Waals surface area contributed by atoms with Gasteiger partial charge in [0.2, 0.25) is 11.8 Å². The molecule has 5 heteroatoms. The number of hydrogen-bond donors (Lipinski definition) is 0. The maximum Gasteiger partial charge on any atom is 0.246 e. The topological polar surface area (TPSA) is 40.6 Å². The summed E-state index contributed by atoms with van der Waals surface area (Å²) < 4.78 is 1.02. The Morgan fingerprint density at radius 1 is 1.09 bits per heavy atom. The number of carbonyl (C=O) groups excluding carboxylic acids is 2. The monoisotopic (exact) mass is 378 g/mol. The molecule has 0 aromatic heterocycles. The minimum absolute atomic E-state index is 0.00359. The molecule has 124 valence electrons. The molecule has 0 unspecified atom stereocenters. The molecule has 1 aromatic carbocycles. The van der Waals surface area contributed by atoms with Gasteiger partial charge >= 0.3 is 0 Å². The van der Waals surface area contributed by atoms with Gasteiger partial charge in [-0.3, -0.25) is 9.59 Å². The van der Waals surface area contributed by atoms with Crippen molar-refractivity contribution in [3.63, 3.8) is 0 Å². The van der Waals surface area contributed by atoms with Gasteiger partial charge in [0.05, 0.1) is 0 Å². The summed E-state index contributed by atoms with van der Waals surface area (Å²) in [6.07, 6.45) is 4.01. The van der Waals surface area contributed by atoms with Gasteiger partial charge in [-0.25, -0.2) is 0 Å². The molecule has 0 bridgehead atoms. The molecule has 1 saturated heterocycles. The molecular weight excluding hydrogens is 356 g/mol. The minimum Gasteiger partial charge on any atom is -0.339 e. The lowest BCUT2D eigenvalue weighted by Gasteiger charge is -2.34. The van der Waals surface area contributed by atoms with Crippen LogP contribution in [0.15, 0.2) is 34.8 Å². The summed E-state index contributed by atoms with van der Waals surface area (Å²) in [6, 6.07) is 7.80. The largest absolute Gasteiger partial charge is 0.339 e. The molecule has 1 aromatic rings. The van der Waals surface area contributed by atoms with Crippen LogP contribution in [0.25, 0.3) is 6.08 Å². The average Bonchev–Trinajstić information content (AvgIpc) is 2.53. The van der Waals surface area contributed by atoms with Crippen molar-refractivity contribution < 1.29 is 9.59 Å². The lowest BCUT2D eigenvalue weighted by atomic mass is 10.1. The number of nitrogens with zero attached hydrogens (tertiary/aromatic N) is 2. The van der Waals surface area contributed by atoms with Gasteiger partial charge in [0.25, 0.3) is 0 Å². The van der Waals surface area contributed by atoms with Gasteiger partial charge in [-0.05, 0) is 29.7 Å². The Hall–Kier alpha value is -1.62. The molecule has 0 N–H and O–H groups in total. The zero-order valence-electron chi connectivity index (χ0n) is 13.7. The molecule has 23 heavy (non-hydrogen) atoms. The maximum atomic E-state index is 12.2. The highest BCUT2D eigenvalue weighted by molar-refractivity contribution is 9.10. The summed E-state index contributed by atoms with van der Waals surface area (Å²) >= 11 is 3.39. The first-order chi connectivity index (χ1) is 11.0. The summed E-state index contributed by atoms with van der Waals surface area (Å²) in [4.78, 5) is 27.9. The van der Waals surface area contributed by atoms with Gasteiger partial charge in [0.15, 0.2) is 0 Å². The fraction of sp³-hybridized carbons (Fsp3) is 0.444. The van der Waals surface area contributed by atoms with Crippen LogP contribution in [0.2, 0.25) is 0 Å². The number of carbonyl (C=O) groups is 2. The van der Waals surface area contributed by atoms with Crippen LogP contribution < -0.4 is 0 Å². The van der Waals surface area contributed by atoms with E-state index in [1.807, 2.05) is 49.1 Å². The Balaban J connectivity index is 1.83. The molecule has 1 aliphatic rings. The standard InChI is InChI=1S/C18H23BrN2O2/c1-14(2)13-18(23)21-11-9-20(10-12-21)17(22)8-5-15-3-6-16(19)7-4-15/h3-8,14H,9-13H2,1-2H3/b8-5+. The lowest BCUT2D eigenvalue weighted by Crippen LogP contribution is -2.50. The second-order valence-corrected chi connectivity index (χ2v) is 7.10. The highest BCUT2D eigenvalue weighted by Crippen LogP contribution is 2.12. The molecule has 0 aliphatic carbocycles. The lowest BCUT2D eigenvalue weighted by molar-refractivity contribution is -0.137. The summed E-state index contributed by atoms with van der Waals surface area (Å²) in [6.45, 7) is 6.56. The maximum absolute atomic E-state index is 12.2. The van der Waals surface area contributed by atoms with Crippen molar-refractivity contribution in [1.82, 2.24) is 9.80 Å². The van der Waals surface area contributed by atoms with Gasteiger partial charge in [-0.1, -0.05) is 41.9 Å². The third kappa shape index (κ3) is 5.50. The van der Waals surface area contributed by atoms with E-state index in [2.05, 4.69) is 15.9 Å². The number of hydrogen-bond acceptors (Lipinski definition) is 2. The van der Waals surface area contributed by atoms with E-state index in [1.165, 1.54) is 0 Å². The second-order valence-electron chi connectivity index (χ2n) is 6.19. The summed E-state index contributed by atoms with van der Waals surface area (Å²) in [7, 11) is 0. The number of halogens is 1. The van der Waals surface area contributed by atoms with Crippen LogP contribution in [0, 0.1) is 5.92 Å². The molecule has 1 aliphatic heterocycles. The molecule has 4 nitrogen and oxygen atoms in total. The van der Waals surface area contributed by atoms with E-state index in [0.29, 0.717) is 38.5 Å². The molecule has 1 heterocycles. The first-order valence-corrected chi connectivity index (χ1v) is 8.75. The summed E-state index contributed by atoms with van der Waals surface area (Å²) in [5.41, 5.74) is 0.993. The van der Waals surface area contributed by atoms with Gasteiger partial charge in [0, 0.05) is 43.1 Å². The third-order valence-corrected chi connectivity index (χ3v) is 4.34. The van der Waals surface area contributed by atoms with Crippen LogP contribution in [0.1, 0.15) is 25.8 Å². The van der Waals surface area contributed by atoms with Crippen molar-refractivity contribution in [1.29, 1.82) is 0 Å². The summed E-state index contributed by atoms with van der Waals surface area (Å²) in [5.74, 6) is 0.567. The van der Waals surface area contributed by atoms with Crippen molar-refractivity contribution >= 4 is 33.8 Å². The number of benzene rings is 1. The minimum atomic E-state index is 0.00359. The first-order valence-electron chi connectivity index (χ1n) is 7.96. The molecule has 0 atom stereocenters. The van der Waals surface area contributed by atoms with Crippen molar-refractivity contribution in [3.8, 4) is 0 Å². The van der Waals surface area contributed by atoms with Crippen LogP contribution in [0.5, 0.6) is 0 Å². The Kier molecular flexibility index (Phi) is 6.39. The van der Waals surface area contributed by atoms with Gasteiger partial charge in [0.1, 0.15) is 0 Å². The van der Waals surface area contributed by atoms with Crippen molar-refractivity contribution in [2.45, 2.75) is 20.3 Å². The second kappa shape index (κ2) is 8.29. The third-order valence-electron chi connectivity index (χ3n) is 3.82. The molecular formula is C18H23BrN2O2. The van der Waals surface area contributed by atoms with Crippen LogP contribution in [0.3, 0.4) is 0 Å². The fourth-order valence-electron chi connectivity index (χ4n) is 2.50. The van der Waals surface area contributed by atoms with Crippen LogP contribution in [0.4, 0.5) is 0 Å². The molecule has 0 spiro atoms. The SMILES string of the molecule is CC(C)CC(=O)N1CCN(C(=O)/C=C/c2ccc(Br)cc2)CC1. The van der Waals surface area contributed by atoms with E-state index in [0.717, 1.165) is 10.0 Å². The number of rotatable bonds is 4. The highest BCUT2D eigenvalue weighted by atomic mass is 79.9. The zero-order chi connectivity index (χ0) is 16.8. The number of amides is 2. The average molecular weight is 379 g/mol. The quantitative estimate of drug-likeness (QED) is 0.754.